The van der Waals surface area contributed by atoms with Gasteiger partial charge in [0, 0.05) is 6.42 Å². The summed E-state index contributed by atoms with van der Waals surface area (Å²) in [6.07, 6.45) is 0.571. The zero-order chi connectivity index (χ0) is 11.9. The molecule has 1 unspecified atom stereocenters. The normalized spacial score (nSPS) is 22.8. The monoisotopic (exact) mass is 218 g/mol. The SMILES string of the molecule is Cc1ccc(OC2CC(=O)C2(C)C)c(C)c1. The maximum atomic E-state index is 11.4. The molecule has 2 rings (SSSR count). The van der Waals surface area contributed by atoms with Crippen LogP contribution in [0.15, 0.2) is 18.2 Å². The maximum Gasteiger partial charge on any atom is 0.145 e. The van der Waals surface area contributed by atoms with Crippen LogP contribution >= 0.6 is 0 Å². The summed E-state index contributed by atoms with van der Waals surface area (Å²) in [7, 11) is 0. The molecule has 1 aromatic carbocycles. The lowest BCUT2D eigenvalue weighted by molar-refractivity contribution is -0.148. The maximum absolute atomic E-state index is 11.4. The van der Waals surface area contributed by atoms with E-state index in [-0.39, 0.29) is 11.5 Å². The van der Waals surface area contributed by atoms with E-state index in [9.17, 15) is 4.79 Å². The number of hydrogen-bond acceptors (Lipinski definition) is 2. The number of carbonyl (C=O) groups excluding carboxylic acids is 1. The first-order valence-corrected chi connectivity index (χ1v) is 5.68. The van der Waals surface area contributed by atoms with Crippen molar-refractivity contribution in [1.29, 1.82) is 0 Å². The number of carbonyl (C=O) groups is 1. The fourth-order valence-corrected chi connectivity index (χ4v) is 2.01. The molecule has 2 nitrogen and oxygen atoms in total. The van der Waals surface area contributed by atoms with Gasteiger partial charge in [-0.3, -0.25) is 4.79 Å². The van der Waals surface area contributed by atoms with Gasteiger partial charge in [-0.15, -0.1) is 0 Å². The van der Waals surface area contributed by atoms with E-state index in [1.807, 2.05) is 32.9 Å². The molecule has 1 aromatic rings. The molecule has 0 aromatic heterocycles. The van der Waals surface area contributed by atoms with Crippen LogP contribution in [-0.4, -0.2) is 11.9 Å². The molecule has 1 fully saturated rings. The first kappa shape index (κ1) is 11.2. The Hall–Kier alpha value is -1.31. The lowest BCUT2D eigenvalue weighted by Crippen LogP contribution is -2.53. The van der Waals surface area contributed by atoms with Gasteiger partial charge in [-0.1, -0.05) is 17.7 Å². The van der Waals surface area contributed by atoms with E-state index in [0.29, 0.717) is 12.2 Å². The predicted molar refractivity (Wildman–Crippen MR) is 63.7 cm³/mol. The van der Waals surface area contributed by atoms with Crippen molar-refractivity contribution < 1.29 is 9.53 Å². The fourth-order valence-electron chi connectivity index (χ4n) is 2.01. The fraction of sp³-hybridized carbons (Fsp3) is 0.500. The number of ether oxygens (including phenoxy) is 1. The van der Waals surface area contributed by atoms with Crippen LogP contribution in [0.4, 0.5) is 0 Å². The predicted octanol–water partition coefficient (Wildman–Crippen LogP) is 3.05. The molecule has 0 radical (unpaired) electrons. The van der Waals surface area contributed by atoms with Crippen LogP contribution in [0.5, 0.6) is 5.75 Å². The summed E-state index contributed by atoms with van der Waals surface area (Å²) in [6, 6.07) is 6.13. The van der Waals surface area contributed by atoms with Crippen molar-refractivity contribution in [3.63, 3.8) is 0 Å². The summed E-state index contributed by atoms with van der Waals surface area (Å²) in [5.41, 5.74) is 2.04. The van der Waals surface area contributed by atoms with Crippen molar-refractivity contribution in [2.75, 3.05) is 0 Å². The number of aryl methyl sites for hydroxylation is 2. The van der Waals surface area contributed by atoms with Gasteiger partial charge in [-0.25, -0.2) is 0 Å². The molecule has 86 valence electrons. The first-order chi connectivity index (χ1) is 7.41. The third-order valence-electron chi connectivity index (χ3n) is 3.49. The highest BCUT2D eigenvalue weighted by atomic mass is 16.5. The number of hydrogen-bond donors (Lipinski definition) is 0. The zero-order valence-corrected chi connectivity index (χ0v) is 10.3. The van der Waals surface area contributed by atoms with Crippen LogP contribution in [0.2, 0.25) is 0 Å². The van der Waals surface area contributed by atoms with Crippen LogP contribution in [-0.2, 0) is 4.79 Å². The van der Waals surface area contributed by atoms with Crippen LogP contribution < -0.4 is 4.74 Å². The topological polar surface area (TPSA) is 26.3 Å². The third kappa shape index (κ3) is 1.73. The number of Topliss-reactive ketones (excluding diaryl/α,β-unsaturated/α-hetero) is 1. The Balaban J connectivity index is 2.14. The Kier molecular flexibility index (Phi) is 2.53. The van der Waals surface area contributed by atoms with Crippen molar-refractivity contribution in [3.05, 3.63) is 29.3 Å². The summed E-state index contributed by atoms with van der Waals surface area (Å²) in [4.78, 5) is 11.4. The first-order valence-electron chi connectivity index (χ1n) is 5.68. The molecule has 1 aliphatic rings. The lowest BCUT2D eigenvalue weighted by atomic mass is 9.68. The van der Waals surface area contributed by atoms with E-state index in [1.165, 1.54) is 5.56 Å². The molecule has 16 heavy (non-hydrogen) atoms. The number of rotatable bonds is 2. The van der Waals surface area contributed by atoms with E-state index in [1.54, 1.807) is 0 Å². The second-order valence-corrected chi connectivity index (χ2v) is 5.22. The van der Waals surface area contributed by atoms with E-state index < -0.39 is 0 Å². The molecule has 0 saturated heterocycles. The Morgan fingerprint density at radius 2 is 2.00 bits per heavy atom. The van der Waals surface area contributed by atoms with Gasteiger partial charge in [-0.05, 0) is 39.3 Å². The zero-order valence-electron chi connectivity index (χ0n) is 10.3. The summed E-state index contributed by atoms with van der Waals surface area (Å²) in [5.74, 6) is 1.19. The average Bonchev–Trinajstić information content (AvgIpc) is 2.21. The van der Waals surface area contributed by atoms with E-state index in [4.69, 9.17) is 4.74 Å². The summed E-state index contributed by atoms with van der Waals surface area (Å²) >= 11 is 0. The number of benzene rings is 1. The Labute approximate surface area is 96.6 Å². The molecule has 2 heteroatoms. The average molecular weight is 218 g/mol. The van der Waals surface area contributed by atoms with E-state index in [2.05, 4.69) is 13.0 Å². The standard InChI is InChI=1S/C14H18O2/c1-9-5-6-11(10(2)7-9)16-13-8-12(15)14(13,3)4/h5-7,13H,8H2,1-4H3. The van der Waals surface area contributed by atoms with E-state index >= 15 is 0 Å². The van der Waals surface area contributed by atoms with Crippen molar-refractivity contribution in [2.24, 2.45) is 5.41 Å². The van der Waals surface area contributed by atoms with Gasteiger partial charge < -0.3 is 4.74 Å². The van der Waals surface area contributed by atoms with Gasteiger partial charge in [0.25, 0.3) is 0 Å². The van der Waals surface area contributed by atoms with Crippen molar-refractivity contribution in [2.45, 2.75) is 40.2 Å². The smallest absolute Gasteiger partial charge is 0.145 e. The molecule has 1 atom stereocenters. The van der Waals surface area contributed by atoms with Crippen LogP contribution in [0.25, 0.3) is 0 Å². The van der Waals surface area contributed by atoms with Crippen molar-refractivity contribution in [3.8, 4) is 5.75 Å². The summed E-state index contributed by atoms with van der Waals surface area (Å²) in [5, 5.41) is 0. The molecule has 0 aliphatic heterocycles. The van der Waals surface area contributed by atoms with Gasteiger partial charge in [0.05, 0.1) is 5.41 Å². The highest BCUT2D eigenvalue weighted by Gasteiger charge is 2.49. The quantitative estimate of drug-likeness (QED) is 0.762. The second-order valence-electron chi connectivity index (χ2n) is 5.22. The Morgan fingerprint density at radius 1 is 1.31 bits per heavy atom. The molecular weight excluding hydrogens is 200 g/mol. The van der Waals surface area contributed by atoms with E-state index in [0.717, 1.165) is 11.3 Å². The van der Waals surface area contributed by atoms with Gasteiger partial charge in [0.15, 0.2) is 0 Å². The Morgan fingerprint density at radius 3 is 2.50 bits per heavy atom. The summed E-state index contributed by atoms with van der Waals surface area (Å²) in [6.45, 7) is 8.00. The van der Waals surface area contributed by atoms with Gasteiger partial charge in [0.1, 0.15) is 17.6 Å². The number of ketones is 1. The molecule has 0 amide bonds. The highest BCUT2D eigenvalue weighted by Crippen LogP contribution is 2.39. The molecular formula is C14H18O2. The largest absolute Gasteiger partial charge is 0.489 e. The summed E-state index contributed by atoms with van der Waals surface area (Å²) < 4.78 is 5.90. The molecule has 0 bridgehead atoms. The minimum Gasteiger partial charge on any atom is -0.489 e. The molecule has 0 heterocycles. The van der Waals surface area contributed by atoms with Crippen molar-refractivity contribution in [1.82, 2.24) is 0 Å². The van der Waals surface area contributed by atoms with Crippen LogP contribution in [0, 0.1) is 19.3 Å². The molecule has 1 aliphatic carbocycles. The lowest BCUT2D eigenvalue weighted by Gasteiger charge is -2.42. The minimum absolute atomic E-state index is 0.0291. The van der Waals surface area contributed by atoms with Gasteiger partial charge >= 0.3 is 0 Å². The van der Waals surface area contributed by atoms with Gasteiger partial charge in [0.2, 0.25) is 0 Å². The molecule has 1 saturated carbocycles. The molecule has 0 spiro atoms. The highest BCUT2D eigenvalue weighted by molar-refractivity contribution is 5.91. The van der Waals surface area contributed by atoms with Gasteiger partial charge in [-0.2, -0.15) is 0 Å². The second kappa shape index (κ2) is 3.62. The van der Waals surface area contributed by atoms with Crippen LogP contribution in [0.1, 0.15) is 31.4 Å². The minimum atomic E-state index is -0.322. The third-order valence-corrected chi connectivity index (χ3v) is 3.49. The Bertz CT molecular complexity index is 432. The van der Waals surface area contributed by atoms with Crippen molar-refractivity contribution >= 4 is 5.78 Å². The molecule has 0 N–H and O–H groups in total. The van der Waals surface area contributed by atoms with Crippen LogP contribution in [0.3, 0.4) is 0 Å².